The Morgan fingerprint density at radius 1 is 1.22 bits per heavy atom. The molecular weight excluding hydrogens is 661 g/mol. The lowest BCUT2D eigenvalue weighted by Gasteiger charge is -2.49. The van der Waals surface area contributed by atoms with Crippen molar-refractivity contribution in [3.05, 3.63) is 54.1 Å². The molecule has 7 atom stereocenters. The molecule has 3 saturated heterocycles. The second kappa shape index (κ2) is 16.4. The summed E-state index contributed by atoms with van der Waals surface area (Å²) in [6.45, 7) is 15.1. The number of nitrogens with one attached hydrogen (secondary N) is 2. The zero-order valence-corrected chi connectivity index (χ0v) is 30.7. The van der Waals surface area contributed by atoms with Crippen LogP contribution in [0, 0.1) is 30.6 Å². The number of likely N-dealkylation sites (tertiary alicyclic amines) is 1. The Morgan fingerprint density at radius 2 is 1.98 bits per heavy atom. The van der Waals surface area contributed by atoms with Crippen LogP contribution < -0.4 is 16.4 Å². The highest BCUT2D eigenvalue weighted by Gasteiger charge is 2.52. The Bertz CT molecular complexity index is 1580. The maximum Gasteiger partial charge on any atom is 0.294 e. The largest absolute Gasteiger partial charge is 0.342 e. The van der Waals surface area contributed by atoms with Gasteiger partial charge in [0.05, 0.1) is 36.3 Å². The van der Waals surface area contributed by atoms with Gasteiger partial charge in [-0.15, -0.1) is 5.10 Å². The molecule has 4 aliphatic heterocycles. The second-order valence-corrected chi connectivity index (χ2v) is 15.9. The van der Waals surface area contributed by atoms with Crippen LogP contribution in [0.5, 0.6) is 0 Å². The van der Waals surface area contributed by atoms with Crippen LogP contribution >= 0.6 is 0 Å². The first-order chi connectivity index (χ1) is 23.9. The number of aliphatic imine (C=N–C) groups is 1. The normalized spacial score (nSPS) is 29.5. The van der Waals surface area contributed by atoms with E-state index >= 15 is 0 Å². The van der Waals surface area contributed by atoms with Crippen molar-refractivity contribution in [2.45, 2.75) is 88.7 Å². The molecule has 276 valence electrons. The van der Waals surface area contributed by atoms with Gasteiger partial charge in [0.15, 0.2) is 5.76 Å². The number of nitrogens with two attached hydrogens (primary N) is 1. The number of rotatable bonds is 10. The number of amides is 1. The summed E-state index contributed by atoms with van der Waals surface area (Å²) in [5.41, 5.74) is 7.54. The highest BCUT2D eigenvalue weighted by Crippen LogP contribution is 2.48. The van der Waals surface area contributed by atoms with Crippen molar-refractivity contribution in [2.24, 2.45) is 34.4 Å². The Hall–Kier alpha value is -3.21. The van der Waals surface area contributed by atoms with Crippen molar-refractivity contribution in [3.63, 3.8) is 0 Å². The summed E-state index contributed by atoms with van der Waals surface area (Å²) in [6.07, 6.45) is 9.10. The minimum Gasteiger partial charge on any atom is -0.342 e. The quantitative estimate of drug-likeness (QED) is 0.264. The number of benzene rings is 1. The lowest BCUT2D eigenvalue weighted by Crippen LogP contribution is -2.58. The summed E-state index contributed by atoms with van der Waals surface area (Å²) in [7, 11) is -4.02. The fraction of sp³-hybridized carbons (Fsp3) is 0.657. The smallest absolute Gasteiger partial charge is 0.294 e. The average Bonchev–Trinajstić information content (AvgIpc) is 3.76. The van der Waals surface area contributed by atoms with E-state index in [1.807, 2.05) is 29.2 Å². The molecule has 4 aliphatic rings. The Balaban J connectivity index is 0.000000377. The van der Waals surface area contributed by atoms with Gasteiger partial charge in [0, 0.05) is 42.4 Å². The maximum atomic E-state index is 12.8. The molecular formula is C35H54N8O6S. The second-order valence-electron chi connectivity index (χ2n) is 14.5. The molecule has 0 bridgehead atoms. The molecule has 5 heterocycles. The molecule has 5 N–H and O–H groups in total. The Morgan fingerprint density at radius 3 is 2.62 bits per heavy atom. The number of carbonyl (C=O) groups is 1. The molecule has 15 heteroatoms. The van der Waals surface area contributed by atoms with E-state index in [1.165, 1.54) is 12.1 Å². The van der Waals surface area contributed by atoms with E-state index in [4.69, 9.17) is 24.6 Å². The number of hydroxylamine groups is 2. The first kappa shape index (κ1) is 38.0. The molecule has 1 amide bonds. The highest BCUT2D eigenvalue weighted by molar-refractivity contribution is 7.85. The summed E-state index contributed by atoms with van der Waals surface area (Å²) in [5, 5.41) is 17.0. The van der Waals surface area contributed by atoms with Crippen molar-refractivity contribution in [1.29, 1.82) is 0 Å². The first-order valence-corrected chi connectivity index (χ1v) is 19.2. The van der Waals surface area contributed by atoms with Crippen LogP contribution in [-0.2, 0) is 25.2 Å². The minimum atomic E-state index is -4.02. The highest BCUT2D eigenvalue weighted by atomic mass is 32.2. The van der Waals surface area contributed by atoms with E-state index in [0.29, 0.717) is 43.9 Å². The van der Waals surface area contributed by atoms with Crippen LogP contribution in [-0.4, -0.2) is 103 Å². The van der Waals surface area contributed by atoms with E-state index in [2.05, 4.69) is 48.7 Å². The fourth-order valence-electron chi connectivity index (χ4n) is 8.12. The molecule has 2 aromatic rings. The van der Waals surface area contributed by atoms with Crippen molar-refractivity contribution >= 4 is 21.9 Å². The van der Waals surface area contributed by atoms with Gasteiger partial charge in [0.2, 0.25) is 5.91 Å². The molecule has 0 saturated carbocycles. The number of hydrogen-bond donors (Lipinski definition) is 4. The number of piperidine rings is 2. The van der Waals surface area contributed by atoms with Gasteiger partial charge in [0.1, 0.15) is 5.84 Å². The van der Waals surface area contributed by atoms with Crippen LogP contribution in [0.3, 0.4) is 0 Å². The first-order valence-electron chi connectivity index (χ1n) is 17.8. The van der Waals surface area contributed by atoms with Crippen molar-refractivity contribution in [2.75, 3.05) is 39.3 Å². The van der Waals surface area contributed by atoms with Gasteiger partial charge in [-0.25, -0.2) is 10.1 Å². The number of hydrogen-bond acceptors (Lipinski definition) is 12. The minimum absolute atomic E-state index is 0.0439. The molecule has 0 spiro atoms. The zero-order valence-electron chi connectivity index (χ0n) is 29.9. The third kappa shape index (κ3) is 8.29. The van der Waals surface area contributed by atoms with Gasteiger partial charge in [-0.3, -0.25) is 14.2 Å². The van der Waals surface area contributed by atoms with E-state index in [9.17, 15) is 13.2 Å². The van der Waals surface area contributed by atoms with Gasteiger partial charge >= 0.3 is 0 Å². The monoisotopic (exact) mass is 714 g/mol. The number of amidine groups is 1. The maximum absolute atomic E-state index is 12.8. The molecule has 1 aromatic carbocycles. The average molecular weight is 715 g/mol. The van der Waals surface area contributed by atoms with E-state index in [1.54, 1.807) is 18.3 Å². The van der Waals surface area contributed by atoms with E-state index in [-0.39, 0.29) is 40.3 Å². The van der Waals surface area contributed by atoms with Crippen molar-refractivity contribution < 1.29 is 27.1 Å². The Labute approximate surface area is 296 Å². The summed E-state index contributed by atoms with van der Waals surface area (Å²) < 4.78 is 35.3. The van der Waals surface area contributed by atoms with E-state index in [0.717, 1.165) is 56.1 Å². The summed E-state index contributed by atoms with van der Waals surface area (Å²) in [4.78, 5) is 26.0. The fourth-order valence-corrected chi connectivity index (χ4v) is 8.60. The molecule has 50 heavy (non-hydrogen) atoms. The SMILES string of the molecule is CCC(CON1CC=CN=C1C1NC[C@H](N2CCC(C)CC2=O)[C@H]1N)C1(c2cnno2)CCNCC1C(C)C.Cc1ccc(S(=O)(=O)O)cc1. The van der Waals surface area contributed by atoms with Gasteiger partial charge < -0.3 is 25.8 Å². The van der Waals surface area contributed by atoms with Gasteiger partial charge in [0.25, 0.3) is 10.1 Å². The summed E-state index contributed by atoms with van der Waals surface area (Å²) >= 11 is 0. The summed E-state index contributed by atoms with van der Waals surface area (Å²) in [5.74, 6) is 3.28. The lowest BCUT2D eigenvalue weighted by atomic mass is 9.58. The Kier molecular flexibility index (Phi) is 12.5. The van der Waals surface area contributed by atoms with Crippen molar-refractivity contribution in [3.8, 4) is 0 Å². The standard InChI is InChI=1S/C28H46N8O3.C7H8O3S/c1-5-20(28(23-16-33-34-39-23)8-10-30-14-21(28)18(2)3)17-38-36-11-6-9-31-27(36)26-25(29)22(15-32-26)35-12-7-19(4)13-24(35)37;1-6-2-4-7(5-3-6)11(8,9)10/h6,9,16,18-22,25-26,30,32H,5,7-8,10-15,17,29H2,1-4H3;2-5H,1H3,(H,8,9,10)/t19?,20?,21?,22-,25+,26?,28?;/m0./s1. The van der Waals surface area contributed by atoms with Crippen LogP contribution in [0.4, 0.5) is 0 Å². The molecule has 5 unspecified atom stereocenters. The zero-order chi connectivity index (χ0) is 36.1. The summed E-state index contributed by atoms with van der Waals surface area (Å²) in [6, 6.07) is 5.49. The molecule has 1 aromatic heterocycles. The molecule has 0 radical (unpaired) electrons. The third-order valence-corrected chi connectivity index (χ3v) is 11.8. The molecule has 6 rings (SSSR count). The van der Waals surface area contributed by atoms with Gasteiger partial charge in [-0.05, 0) is 74.7 Å². The number of aryl methyl sites for hydroxylation is 1. The van der Waals surface area contributed by atoms with Crippen LogP contribution in [0.1, 0.15) is 64.7 Å². The van der Waals surface area contributed by atoms with E-state index < -0.39 is 10.1 Å². The predicted octanol–water partition coefficient (Wildman–Crippen LogP) is 2.93. The lowest BCUT2D eigenvalue weighted by molar-refractivity contribution is -0.137. The van der Waals surface area contributed by atoms with Crippen LogP contribution in [0.15, 0.2) is 57.1 Å². The van der Waals surface area contributed by atoms with Crippen LogP contribution in [0.25, 0.3) is 0 Å². The van der Waals surface area contributed by atoms with Gasteiger partial charge in [-0.1, -0.05) is 51.8 Å². The third-order valence-electron chi connectivity index (χ3n) is 10.9. The van der Waals surface area contributed by atoms with Crippen molar-refractivity contribution in [1.82, 2.24) is 31.0 Å². The predicted molar refractivity (Wildman–Crippen MR) is 189 cm³/mol. The van der Waals surface area contributed by atoms with Crippen LogP contribution in [0.2, 0.25) is 0 Å². The topological polar surface area (TPSA) is 189 Å². The molecule has 0 aliphatic carbocycles. The molecule has 3 fully saturated rings. The number of nitrogens with zero attached hydrogens (tertiary/aromatic N) is 5. The number of carbonyl (C=O) groups excluding carboxylic acids is 1. The number of aromatic nitrogens is 2. The van der Waals surface area contributed by atoms with Gasteiger partial charge in [-0.2, -0.15) is 8.42 Å². The molecule has 14 nitrogen and oxygen atoms in total.